The summed E-state index contributed by atoms with van der Waals surface area (Å²) in [6.07, 6.45) is 4.10. The fraction of sp³-hybridized carbons (Fsp3) is 0.167. The minimum atomic E-state index is -0.163. The third-order valence-corrected chi connectivity index (χ3v) is 2.38. The maximum Gasteiger partial charge on any atom is 0.123 e. The Hall–Kier alpha value is -2.12. The van der Waals surface area contributed by atoms with Crippen LogP contribution in [-0.2, 0) is 6.42 Å². The second-order valence-electron chi connectivity index (χ2n) is 3.60. The summed E-state index contributed by atoms with van der Waals surface area (Å²) in [5, 5.41) is 8.78. The second-order valence-corrected chi connectivity index (χ2v) is 3.60. The van der Waals surface area contributed by atoms with Crippen LogP contribution in [0.25, 0.3) is 0 Å². The van der Waals surface area contributed by atoms with E-state index in [1.807, 2.05) is 18.2 Å². The molecule has 0 saturated carbocycles. The Balaban J connectivity index is 2.12. The highest BCUT2D eigenvalue weighted by Gasteiger charge is 2.09. The molecule has 4 nitrogen and oxygen atoms in total. The molecule has 0 aliphatic rings. The van der Waals surface area contributed by atoms with E-state index in [9.17, 15) is 0 Å². The van der Waals surface area contributed by atoms with Crippen LogP contribution in [0.5, 0.6) is 0 Å². The zero-order valence-electron chi connectivity index (χ0n) is 8.72. The number of aromatic nitrogens is 2. The van der Waals surface area contributed by atoms with E-state index in [1.54, 1.807) is 18.5 Å². The van der Waals surface area contributed by atoms with Crippen molar-refractivity contribution < 1.29 is 0 Å². The quantitative estimate of drug-likeness (QED) is 0.809. The van der Waals surface area contributed by atoms with Crippen molar-refractivity contribution in [2.45, 2.75) is 12.5 Å². The number of nitrogens with zero attached hydrogens (tertiary/aromatic N) is 2. The predicted octanol–water partition coefficient (Wildman–Crippen LogP) is 1.52. The summed E-state index contributed by atoms with van der Waals surface area (Å²) >= 11 is 0. The molecule has 16 heavy (non-hydrogen) atoms. The molecule has 1 aromatic carbocycles. The number of benzene rings is 1. The van der Waals surface area contributed by atoms with E-state index in [1.165, 1.54) is 0 Å². The minimum absolute atomic E-state index is 0.163. The van der Waals surface area contributed by atoms with Gasteiger partial charge in [0.25, 0.3) is 0 Å². The van der Waals surface area contributed by atoms with Gasteiger partial charge in [0.1, 0.15) is 5.82 Å². The SMILES string of the molecule is N#Cc1cccc(C[C@H](N)c2ncc[nH]2)c1. The lowest BCUT2D eigenvalue weighted by molar-refractivity contribution is 0.677. The summed E-state index contributed by atoms with van der Waals surface area (Å²) in [6.45, 7) is 0. The first kappa shape index (κ1) is 10.4. The minimum Gasteiger partial charge on any atom is -0.347 e. The smallest absolute Gasteiger partial charge is 0.123 e. The molecule has 0 fully saturated rings. The topological polar surface area (TPSA) is 78.5 Å². The van der Waals surface area contributed by atoms with Gasteiger partial charge in [-0.05, 0) is 24.1 Å². The highest BCUT2D eigenvalue weighted by Crippen LogP contribution is 2.13. The van der Waals surface area contributed by atoms with Crippen molar-refractivity contribution in [2.24, 2.45) is 5.73 Å². The summed E-state index contributed by atoms with van der Waals surface area (Å²) < 4.78 is 0. The summed E-state index contributed by atoms with van der Waals surface area (Å²) in [6, 6.07) is 9.40. The van der Waals surface area contributed by atoms with E-state index >= 15 is 0 Å². The highest BCUT2D eigenvalue weighted by atomic mass is 14.9. The Kier molecular flexibility index (Phi) is 2.99. The van der Waals surface area contributed by atoms with Crippen LogP contribution in [0, 0.1) is 11.3 Å². The molecule has 0 radical (unpaired) electrons. The summed E-state index contributed by atoms with van der Waals surface area (Å²) in [4.78, 5) is 7.09. The third-order valence-electron chi connectivity index (χ3n) is 2.38. The van der Waals surface area contributed by atoms with E-state index in [-0.39, 0.29) is 6.04 Å². The summed E-state index contributed by atoms with van der Waals surface area (Å²) in [5.74, 6) is 0.766. The molecule has 2 rings (SSSR count). The first-order valence-corrected chi connectivity index (χ1v) is 5.03. The molecule has 0 aliphatic carbocycles. The molecule has 0 bridgehead atoms. The van der Waals surface area contributed by atoms with E-state index < -0.39 is 0 Å². The van der Waals surface area contributed by atoms with Gasteiger partial charge in [-0.15, -0.1) is 0 Å². The molecule has 80 valence electrons. The van der Waals surface area contributed by atoms with Crippen LogP contribution in [-0.4, -0.2) is 9.97 Å². The predicted molar refractivity (Wildman–Crippen MR) is 60.4 cm³/mol. The molecule has 0 unspecified atom stereocenters. The van der Waals surface area contributed by atoms with Gasteiger partial charge in [0.05, 0.1) is 17.7 Å². The summed E-state index contributed by atoms with van der Waals surface area (Å²) in [7, 11) is 0. The van der Waals surface area contributed by atoms with E-state index in [2.05, 4.69) is 16.0 Å². The molecule has 3 N–H and O–H groups in total. The Bertz CT molecular complexity index is 496. The molecule has 0 spiro atoms. The van der Waals surface area contributed by atoms with Gasteiger partial charge in [0, 0.05) is 12.4 Å². The van der Waals surface area contributed by atoms with Crippen molar-refractivity contribution in [3.63, 3.8) is 0 Å². The molecule has 2 aromatic rings. The molecular weight excluding hydrogens is 200 g/mol. The Labute approximate surface area is 93.7 Å². The van der Waals surface area contributed by atoms with Crippen LogP contribution in [0.1, 0.15) is 23.0 Å². The number of nitriles is 1. The first-order valence-electron chi connectivity index (χ1n) is 5.03. The number of hydrogen-bond acceptors (Lipinski definition) is 3. The number of nitrogens with one attached hydrogen (secondary N) is 1. The van der Waals surface area contributed by atoms with Crippen LogP contribution in [0.3, 0.4) is 0 Å². The third kappa shape index (κ3) is 2.27. The fourth-order valence-corrected chi connectivity index (χ4v) is 1.60. The molecule has 0 aliphatic heterocycles. The lowest BCUT2D eigenvalue weighted by Gasteiger charge is -2.08. The highest BCUT2D eigenvalue weighted by molar-refractivity contribution is 5.33. The first-order chi connectivity index (χ1) is 7.79. The van der Waals surface area contributed by atoms with Gasteiger partial charge in [-0.25, -0.2) is 4.98 Å². The van der Waals surface area contributed by atoms with Gasteiger partial charge >= 0.3 is 0 Å². The number of imidazole rings is 1. The van der Waals surface area contributed by atoms with Crippen molar-refractivity contribution in [2.75, 3.05) is 0 Å². The zero-order valence-corrected chi connectivity index (χ0v) is 8.72. The van der Waals surface area contributed by atoms with Crippen LogP contribution >= 0.6 is 0 Å². The van der Waals surface area contributed by atoms with Crippen LogP contribution in [0.15, 0.2) is 36.7 Å². The molecule has 0 saturated heterocycles. The van der Waals surface area contributed by atoms with E-state index in [0.29, 0.717) is 12.0 Å². The number of H-pyrrole nitrogens is 1. The Morgan fingerprint density at radius 1 is 1.50 bits per heavy atom. The normalized spacial score (nSPS) is 12.0. The van der Waals surface area contributed by atoms with Crippen molar-refractivity contribution >= 4 is 0 Å². The van der Waals surface area contributed by atoms with Gasteiger partial charge in [0.2, 0.25) is 0 Å². The molecule has 4 heteroatoms. The lowest BCUT2D eigenvalue weighted by atomic mass is 10.0. The fourth-order valence-electron chi connectivity index (χ4n) is 1.60. The van der Waals surface area contributed by atoms with Crippen molar-refractivity contribution in [3.8, 4) is 6.07 Å². The zero-order chi connectivity index (χ0) is 11.4. The number of aromatic amines is 1. The molecule has 1 atom stereocenters. The van der Waals surface area contributed by atoms with Crippen LogP contribution < -0.4 is 5.73 Å². The van der Waals surface area contributed by atoms with Crippen LogP contribution in [0.4, 0.5) is 0 Å². The van der Waals surface area contributed by atoms with Gasteiger partial charge in [-0.3, -0.25) is 0 Å². The Morgan fingerprint density at radius 3 is 3.06 bits per heavy atom. The molecule has 1 heterocycles. The van der Waals surface area contributed by atoms with Crippen LogP contribution in [0.2, 0.25) is 0 Å². The molecule has 0 amide bonds. The Morgan fingerprint density at radius 2 is 2.38 bits per heavy atom. The van der Waals surface area contributed by atoms with Gasteiger partial charge in [0.15, 0.2) is 0 Å². The van der Waals surface area contributed by atoms with Gasteiger partial charge in [-0.2, -0.15) is 5.26 Å². The second kappa shape index (κ2) is 4.60. The molecular formula is C12H12N4. The monoisotopic (exact) mass is 212 g/mol. The molecule has 1 aromatic heterocycles. The van der Waals surface area contributed by atoms with Gasteiger partial charge in [-0.1, -0.05) is 12.1 Å². The number of nitrogens with two attached hydrogens (primary N) is 1. The van der Waals surface area contributed by atoms with E-state index in [0.717, 1.165) is 11.4 Å². The van der Waals surface area contributed by atoms with Gasteiger partial charge < -0.3 is 10.7 Å². The largest absolute Gasteiger partial charge is 0.347 e. The average molecular weight is 212 g/mol. The van der Waals surface area contributed by atoms with Crippen molar-refractivity contribution in [3.05, 3.63) is 53.6 Å². The number of rotatable bonds is 3. The number of hydrogen-bond donors (Lipinski definition) is 2. The summed E-state index contributed by atoms with van der Waals surface area (Å²) in [5.41, 5.74) is 7.69. The maximum atomic E-state index is 8.78. The maximum absolute atomic E-state index is 8.78. The van der Waals surface area contributed by atoms with Crippen molar-refractivity contribution in [1.82, 2.24) is 9.97 Å². The lowest BCUT2D eigenvalue weighted by Crippen LogP contribution is -2.14. The van der Waals surface area contributed by atoms with Crippen molar-refractivity contribution in [1.29, 1.82) is 5.26 Å². The van der Waals surface area contributed by atoms with E-state index in [4.69, 9.17) is 11.0 Å². The standard InChI is InChI=1S/C12H12N4/c13-8-10-3-1-2-9(6-10)7-11(14)12-15-4-5-16-12/h1-6,11H,7,14H2,(H,15,16)/t11-/m0/s1. The average Bonchev–Trinajstić information content (AvgIpc) is 2.83.